The van der Waals surface area contributed by atoms with Crippen molar-refractivity contribution in [2.45, 2.75) is 4.90 Å². The summed E-state index contributed by atoms with van der Waals surface area (Å²) >= 11 is 0.752. The van der Waals surface area contributed by atoms with E-state index in [1.54, 1.807) is 0 Å². The van der Waals surface area contributed by atoms with E-state index < -0.39 is 38.5 Å². The molecule has 0 fully saturated rings. The number of aromatic carboxylic acids is 1. The molecule has 0 radical (unpaired) electrons. The number of nitrogens with two attached hydrogens (primary N) is 2. The summed E-state index contributed by atoms with van der Waals surface area (Å²) in [5.74, 6) is -2.66. The maximum Gasteiger partial charge on any atom is 0.411 e. The quantitative estimate of drug-likeness (QED) is 0.219. The zero-order chi connectivity index (χ0) is 21.6. The molecule has 29 heavy (non-hydrogen) atoms. The van der Waals surface area contributed by atoms with Crippen LogP contribution >= 0.6 is 11.3 Å². The fourth-order valence-corrected chi connectivity index (χ4v) is 3.88. The number of rotatable bonds is 8. The van der Waals surface area contributed by atoms with Gasteiger partial charge in [0.15, 0.2) is 11.7 Å². The van der Waals surface area contributed by atoms with Gasteiger partial charge in [-0.05, 0) is 18.2 Å². The van der Waals surface area contributed by atoms with Crippen molar-refractivity contribution in [2.75, 3.05) is 23.2 Å². The first kappa shape index (κ1) is 21.8. The Hall–Kier alpha value is -3.46. The molecule has 1 aromatic heterocycles. The lowest BCUT2D eigenvalue weighted by Gasteiger charge is -2.10. The predicted molar refractivity (Wildman–Crippen MR) is 102 cm³/mol. The number of halogens is 1. The molecule has 156 valence electrons. The lowest BCUT2D eigenvalue weighted by Crippen LogP contribution is -2.24. The van der Waals surface area contributed by atoms with E-state index in [0.717, 1.165) is 29.0 Å². The van der Waals surface area contributed by atoms with Crippen LogP contribution in [0.5, 0.6) is 0 Å². The molecule has 0 aliphatic rings. The van der Waals surface area contributed by atoms with Crippen molar-refractivity contribution < 1.29 is 32.2 Å². The summed E-state index contributed by atoms with van der Waals surface area (Å²) in [5.41, 5.74) is 10.5. The molecule has 1 heterocycles. The van der Waals surface area contributed by atoms with E-state index in [2.05, 4.69) is 15.3 Å². The second-order valence-corrected chi connectivity index (χ2v) is 7.69. The third-order valence-electron chi connectivity index (χ3n) is 3.10. The van der Waals surface area contributed by atoms with Gasteiger partial charge in [-0.2, -0.15) is 0 Å². The maximum atomic E-state index is 14.2. The Balaban J connectivity index is 2.08. The lowest BCUT2D eigenvalue weighted by atomic mass is 10.3. The molecule has 0 atom stereocenters. The van der Waals surface area contributed by atoms with Crippen LogP contribution in [0, 0.1) is 5.82 Å². The van der Waals surface area contributed by atoms with Crippen molar-refractivity contribution >= 4 is 50.1 Å². The van der Waals surface area contributed by atoms with Crippen LogP contribution in [0.3, 0.4) is 0 Å². The number of benzene rings is 1. The third kappa shape index (κ3) is 6.01. The van der Waals surface area contributed by atoms with Gasteiger partial charge in [-0.1, -0.05) is 0 Å². The van der Waals surface area contributed by atoms with E-state index in [1.807, 2.05) is 4.72 Å². The highest BCUT2D eigenvalue weighted by atomic mass is 32.2. The van der Waals surface area contributed by atoms with Crippen molar-refractivity contribution in [3.8, 4) is 0 Å². The zero-order valence-electron chi connectivity index (χ0n) is 14.5. The molecule has 0 aliphatic heterocycles. The molecule has 7 N–H and O–H groups in total. The largest absolute Gasteiger partial charge is 0.476 e. The molecule has 1 amide bonds. The van der Waals surface area contributed by atoms with Crippen LogP contribution < -0.4 is 21.5 Å². The summed E-state index contributed by atoms with van der Waals surface area (Å²) in [4.78, 5) is 29.2. The second kappa shape index (κ2) is 9.16. The number of nitrogens with one attached hydrogen (secondary N) is 2. The van der Waals surface area contributed by atoms with Crippen LogP contribution in [0.4, 0.5) is 19.9 Å². The number of hydrogen-bond acceptors (Lipinski definition) is 8. The van der Waals surface area contributed by atoms with Gasteiger partial charge in [-0.25, -0.2) is 27.4 Å². The summed E-state index contributed by atoms with van der Waals surface area (Å²) in [6.07, 6.45) is -1.00. The Morgan fingerprint density at radius 1 is 1.34 bits per heavy atom. The van der Waals surface area contributed by atoms with Crippen LogP contribution in [0.2, 0.25) is 0 Å². The number of amides is 1. The lowest BCUT2D eigenvalue weighted by molar-refractivity contribution is 0.0692. The van der Waals surface area contributed by atoms with Crippen LogP contribution in [0.25, 0.3) is 0 Å². The van der Waals surface area contributed by atoms with Gasteiger partial charge in [0.2, 0.25) is 0 Å². The molecule has 0 unspecified atom stereocenters. The van der Waals surface area contributed by atoms with E-state index in [9.17, 15) is 22.4 Å². The van der Waals surface area contributed by atoms with Gasteiger partial charge >= 0.3 is 12.1 Å². The number of thiazole rings is 1. The highest BCUT2D eigenvalue weighted by molar-refractivity contribution is 7.93. The van der Waals surface area contributed by atoms with Crippen molar-refractivity contribution in [3.05, 3.63) is 35.2 Å². The molecule has 0 aliphatic carbocycles. The number of carboxylic acid groups (broad SMARTS) is 1. The average Bonchev–Trinajstić information content (AvgIpc) is 3.08. The molecule has 0 bridgehead atoms. The minimum absolute atomic E-state index is 0.0109. The molecule has 2 aromatic rings. The molecular formula is C14H15FN6O6S2. The number of hydrogen-bond donors (Lipinski definition) is 5. The first-order valence-corrected chi connectivity index (χ1v) is 9.94. The van der Waals surface area contributed by atoms with Crippen molar-refractivity contribution in [1.29, 1.82) is 0 Å². The summed E-state index contributed by atoms with van der Waals surface area (Å²) < 4.78 is 45.7. The molecular weight excluding hydrogens is 431 g/mol. The zero-order valence-corrected chi connectivity index (χ0v) is 16.1. The molecule has 12 nitrogen and oxygen atoms in total. The summed E-state index contributed by atoms with van der Waals surface area (Å²) in [6, 6.07) is 2.67. The van der Waals surface area contributed by atoms with Crippen molar-refractivity contribution in [1.82, 2.24) is 4.98 Å². The first-order chi connectivity index (χ1) is 13.6. The van der Waals surface area contributed by atoms with Gasteiger partial charge in [-0.3, -0.25) is 15.0 Å². The Labute approximate surface area is 167 Å². The molecule has 15 heteroatoms. The second-order valence-electron chi connectivity index (χ2n) is 5.15. The maximum absolute atomic E-state index is 14.2. The number of nitrogens with zero attached hydrogens (tertiary/aromatic N) is 2. The minimum Gasteiger partial charge on any atom is -0.476 e. The van der Waals surface area contributed by atoms with E-state index in [-0.39, 0.29) is 29.8 Å². The molecule has 0 saturated heterocycles. The van der Waals surface area contributed by atoms with E-state index in [4.69, 9.17) is 21.3 Å². The number of sulfonamides is 1. The van der Waals surface area contributed by atoms with Gasteiger partial charge in [0.05, 0.1) is 22.6 Å². The topological polar surface area (TPSA) is 199 Å². The standard InChI is InChI=1S/C14H15FN6O6S2/c15-8-5-7(29(25,26)21-11-10(12(22)23)19-6-28-11)1-2-9(8)20-14(24)27-4-3-18-13(16)17/h1-2,5-6,21H,3-4H2,(H,20,24)(H,22,23)(H4,16,17,18). The van der Waals surface area contributed by atoms with Crippen LogP contribution in [-0.2, 0) is 14.8 Å². The Morgan fingerprint density at radius 3 is 2.69 bits per heavy atom. The van der Waals surface area contributed by atoms with Crippen LogP contribution in [0.1, 0.15) is 10.5 Å². The third-order valence-corrected chi connectivity index (χ3v) is 5.32. The highest BCUT2D eigenvalue weighted by Gasteiger charge is 2.22. The number of carbonyl (C=O) groups excluding carboxylic acids is 1. The Kier molecular flexibility index (Phi) is 6.89. The number of aliphatic imine (C=N–C) groups is 1. The van der Waals surface area contributed by atoms with Gasteiger partial charge in [0.25, 0.3) is 10.0 Å². The van der Waals surface area contributed by atoms with Crippen molar-refractivity contribution in [2.24, 2.45) is 16.5 Å². The van der Waals surface area contributed by atoms with E-state index in [0.29, 0.717) is 6.07 Å². The number of aromatic nitrogens is 1. The average molecular weight is 446 g/mol. The van der Waals surface area contributed by atoms with Crippen LogP contribution in [0.15, 0.2) is 33.6 Å². The fraction of sp³-hybridized carbons (Fsp3) is 0.143. The molecule has 1 aromatic carbocycles. The van der Waals surface area contributed by atoms with E-state index in [1.165, 1.54) is 0 Å². The first-order valence-electron chi connectivity index (χ1n) is 7.58. The number of anilines is 2. The molecule has 0 saturated carbocycles. The Bertz CT molecular complexity index is 1050. The normalized spacial score (nSPS) is 10.8. The predicted octanol–water partition coefficient (Wildman–Crippen LogP) is 0.603. The van der Waals surface area contributed by atoms with Gasteiger partial charge < -0.3 is 21.3 Å². The Morgan fingerprint density at radius 2 is 2.07 bits per heavy atom. The van der Waals surface area contributed by atoms with Crippen molar-refractivity contribution in [3.63, 3.8) is 0 Å². The number of ether oxygens (including phenoxy) is 1. The fourth-order valence-electron chi connectivity index (χ4n) is 1.88. The summed E-state index contributed by atoms with van der Waals surface area (Å²) in [6.45, 7) is -0.153. The SMILES string of the molecule is NC(N)=NCCOC(=O)Nc1ccc(S(=O)(=O)Nc2scnc2C(=O)O)cc1F. The summed E-state index contributed by atoms with van der Waals surface area (Å²) in [5, 5.41) is 10.8. The van der Waals surface area contributed by atoms with Gasteiger partial charge in [-0.15, -0.1) is 11.3 Å². The van der Waals surface area contributed by atoms with E-state index >= 15 is 0 Å². The number of carboxylic acids is 1. The van der Waals surface area contributed by atoms with Gasteiger partial charge in [0, 0.05) is 0 Å². The highest BCUT2D eigenvalue weighted by Crippen LogP contribution is 2.25. The smallest absolute Gasteiger partial charge is 0.411 e. The monoisotopic (exact) mass is 446 g/mol. The minimum atomic E-state index is -4.30. The van der Waals surface area contributed by atoms with Gasteiger partial charge in [0.1, 0.15) is 17.4 Å². The molecule has 2 rings (SSSR count). The number of carbonyl (C=O) groups is 2. The number of guanidine groups is 1. The van der Waals surface area contributed by atoms with Crippen LogP contribution in [-0.4, -0.2) is 49.7 Å². The summed E-state index contributed by atoms with van der Waals surface area (Å²) in [7, 11) is -4.30. The molecule has 0 spiro atoms.